The summed E-state index contributed by atoms with van der Waals surface area (Å²) in [4.78, 5) is 13.4. The molecule has 7 heteroatoms. The molecule has 1 fully saturated rings. The van der Waals surface area contributed by atoms with Crippen LogP contribution in [0.2, 0.25) is 0 Å². The van der Waals surface area contributed by atoms with E-state index in [1.165, 1.54) is 32.1 Å². The maximum Gasteiger partial charge on any atom is 0.150 e. The van der Waals surface area contributed by atoms with Crippen LogP contribution in [-0.4, -0.2) is 28.0 Å². The second-order valence-electron chi connectivity index (χ2n) is 6.95. The van der Waals surface area contributed by atoms with Crippen LogP contribution in [0.4, 0.5) is 17.3 Å². The van der Waals surface area contributed by atoms with Crippen LogP contribution in [0.15, 0.2) is 36.8 Å². The van der Waals surface area contributed by atoms with Crippen LogP contribution < -0.4 is 21.9 Å². The quantitative estimate of drug-likeness (QED) is 0.404. The van der Waals surface area contributed by atoms with Gasteiger partial charge in [0.05, 0.1) is 11.2 Å². The minimum atomic E-state index is 0.491. The third-order valence-corrected chi connectivity index (χ3v) is 5.19. The number of nitrogens with zero attached hydrogens (tertiary/aromatic N) is 3. The van der Waals surface area contributed by atoms with Gasteiger partial charge >= 0.3 is 0 Å². The number of hydrazine groups is 1. The van der Waals surface area contributed by atoms with Crippen molar-refractivity contribution in [3.05, 3.63) is 36.8 Å². The fourth-order valence-corrected chi connectivity index (χ4v) is 3.72. The summed E-state index contributed by atoms with van der Waals surface area (Å²) in [5.74, 6) is 7.25. The average Bonchev–Trinajstić information content (AvgIpc) is 2.74. The first kappa shape index (κ1) is 17.5. The van der Waals surface area contributed by atoms with Gasteiger partial charge in [0, 0.05) is 30.2 Å². The molecule has 0 unspecified atom stereocenters. The Bertz CT molecular complexity index is 935. The molecular weight excluding hydrogens is 338 g/mol. The number of rotatable bonds is 5. The van der Waals surface area contributed by atoms with E-state index in [2.05, 4.69) is 43.1 Å². The van der Waals surface area contributed by atoms with Gasteiger partial charge in [0.15, 0.2) is 0 Å². The van der Waals surface area contributed by atoms with Gasteiger partial charge in [-0.2, -0.15) is 0 Å². The zero-order valence-corrected chi connectivity index (χ0v) is 15.5. The monoisotopic (exact) mass is 363 g/mol. The number of hydrogen-bond donors (Lipinski definition) is 4. The second-order valence-corrected chi connectivity index (χ2v) is 6.95. The molecule has 4 rings (SSSR count). The number of fused-ring (bicyclic) bond motifs is 1. The van der Waals surface area contributed by atoms with Crippen molar-refractivity contribution in [1.29, 1.82) is 0 Å². The second kappa shape index (κ2) is 7.75. The van der Waals surface area contributed by atoms with Gasteiger partial charge in [-0.3, -0.25) is 5.84 Å². The van der Waals surface area contributed by atoms with Crippen molar-refractivity contribution in [2.24, 2.45) is 5.84 Å². The summed E-state index contributed by atoms with van der Waals surface area (Å²) in [5, 5.41) is 7.69. The standard InChI is InChI=1S/C20H25N7/c1-22-20-18(27-21)10-14(11-23-20)13-7-8-17-16(9-13)19(25-12-24-17)26-15-5-3-2-4-6-15/h7-12,15,27H,2-6,21H2,1H3,(H,22,23)(H,24,25,26). The Morgan fingerprint density at radius 3 is 2.59 bits per heavy atom. The van der Waals surface area contributed by atoms with Crippen LogP contribution in [0.3, 0.4) is 0 Å². The van der Waals surface area contributed by atoms with Gasteiger partial charge in [-0.05, 0) is 36.6 Å². The molecule has 0 saturated heterocycles. The number of anilines is 3. The van der Waals surface area contributed by atoms with E-state index in [-0.39, 0.29) is 0 Å². The summed E-state index contributed by atoms with van der Waals surface area (Å²) >= 11 is 0. The zero-order chi connectivity index (χ0) is 18.6. The summed E-state index contributed by atoms with van der Waals surface area (Å²) < 4.78 is 0. The third kappa shape index (κ3) is 3.64. The average molecular weight is 363 g/mol. The largest absolute Gasteiger partial charge is 0.371 e. The van der Waals surface area contributed by atoms with Crippen molar-refractivity contribution in [3.63, 3.8) is 0 Å². The molecule has 1 saturated carbocycles. The lowest BCUT2D eigenvalue weighted by molar-refractivity contribution is 0.462. The van der Waals surface area contributed by atoms with E-state index < -0.39 is 0 Å². The Labute approximate surface area is 158 Å². The highest BCUT2D eigenvalue weighted by Gasteiger charge is 2.15. The van der Waals surface area contributed by atoms with Crippen molar-refractivity contribution in [2.75, 3.05) is 23.1 Å². The SMILES string of the molecule is CNc1ncc(-c2ccc3ncnc(NC4CCCCC4)c3c2)cc1NN. The van der Waals surface area contributed by atoms with Crippen molar-refractivity contribution in [3.8, 4) is 11.1 Å². The summed E-state index contributed by atoms with van der Waals surface area (Å²) in [6, 6.07) is 8.68. The molecule has 2 aromatic heterocycles. The topological polar surface area (TPSA) is 101 Å². The fraction of sp³-hybridized carbons (Fsp3) is 0.350. The van der Waals surface area contributed by atoms with E-state index in [1.807, 2.05) is 25.4 Å². The lowest BCUT2D eigenvalue weighted by Gasteiger charge is -2.23. The Kier molecular flexibility index (Phi) is 5.02. The highest BCUT2D eigenvalue weighted by molar-refractivity contribution is 5.93. The summed E-state index contributed by atoms with van der Waals surface area (Å²) in [7, 11) is 1.82. The van der Waals surface area contributed by atoms with Crippen LogP contribution in [0, 0.1) is 0 Å². The Hall–Kier alpha value is -2.93. The number of nitrogens with one attached hydrogen (secondary N) is 3. The van der Waals surface area contributed by atoms with Crippen molar-refractivity contribution < 1.29 is 0 Å². The van der Waals surface area contributed by atoms with E-state index in [1.54, 1.807) is 6.33 Å². The van der Waals surface area contributed by atoms with Gasteiger partial charge in [0.1, 0.15) is 18.0 Å². The Balaban J connectivity index is 1.71. The van der Waals surface area contributed by atoms with Crippen LogP contribution >= 0.6 is 0 Å². The van der Waals surface area contributed by atoms with Crippen LogP contribution in [0.1, 0.15) is 32.1 Å². The highest BCUT2D eigenvalue weighted by Crippen LogP contribution is 2.31. The molecule has 5 N–H and O–H groups in total. The minimum Gasteiger partial charge on any atom is -0.371 e. The maximum atomic E-state index is 5.63. The number of nitrogen functional groups attached to an aromatic ring is 1. The predicted octanol–water partition coefficient (Wildman–Crippen LogP) is 3.76. The molecule has 1 aliphatic rings. The summed E-state index contributed by atoms with van der Waals surface area (Å²) in [5.41, 5.74) is 6.42. The first-order chi connectivity index (χ1) is 13.3. The molecule has 2 heterocycles. The number of pyridine rings is 1. The molecular formula is C20H25N7. The molecule has 0 aliphatic heterocycles. The number of benzene rings is 1. The molecule has 3 aromatic rings. The van der Waals surface area contributed by atoms with E-state index in [0.717, 1.165) is 33.5 Å². The van der Waals surface area contributed by atoms with E-state index in [9.17, 15) is 0 Å². The lowest BCUT2D eigenvalue weighted by Crippen LogP contribution is -2.23. The summed E-state index contributed by atoms with van der Waals surface area (Å²) in [6.45, 7) is 0. The molecule has 0 atom stereocenters. The van der Waals surface area contributed by atoms with Gasteiger partial charge in [-0.1, -0.05) is 25.3 Å². The van der Waals surface area contributed by atoms with Crippen molar-refractivity contribution >= 4 is 28.2 Å². The lowest BCUT2D eigenvalue weighted by atomic mass is 9.95. The maximum absolute atomic E-state index is 5.63. The van der Waals surface area contributed by atoms with Gasteiger partial charge in [0.2, 0.25) is 0 Å². The molecule has 0 bridgehead atoms. The van der Waals surface area contributed by atoms with Gasteiger partial charge in [-0.15, -0.1) is 0 Å². The highest BCUT2D eigenvalue weighted by atomic mass is 15.2. The van der Waals surface area contributed by atoms with Gasteiger partial charge in [-0.25, -0.2) is 15.0 Å². The first-order valence-corrected chi connectivity index (χ1v) is 9.44. The van der Waals surface area contributed by atoms with E-state index in [0.29, 0.717) is 11.9 Å². The molecule has 1 aromatic carbocycles. The van der Waals surface area contributed by atoms with Crippen molar-refractivity contribution in [1.82, 2.24) is 15.0 Å². The zero-order valence-electron chi connectivity index (χ0n) is 15.5. The number of hydrogen-bond acceptors (Lipinski definition) is 7. The van der Waals surface area contributed by atoms with Gasteiger partial charge in [0.25, 0.3) is 0 Å². The van der Waals surface area contributed by atoms with Crippen LogP contribution in [0.25, 0.3) is 22.0 Å². The summed E-state index contributed by atoms with van der Waals surface area (Å²) in [6.07, 6.45) is 9.77. The minimum absolute atomic E-state index is 0.491. The Morgan fingerprint density at radius 1 is 0.963 bits per heavy atom. The van der Waals surface area contributed by atoms with Gasteiger partial charge < -0.3 is 16.1 Å². The molecule has 0 radical (unpaired) electrons. The first-order valence-electron chi connectivity index (χ1n) is 9.44. The third-order valence-electron chi connectivity index (χ3n) is 5.19. The molecule has 0 amide bonds. The predicted molar refractivity (Wildman–Crippen MR) is 111 cm³/mol. The van der Waals surface area contributed by atoms with Crippen molar-refractivity contribution in [2.45, 2.75) is 38.1 Å². The fourth-order valence-electron chi connectivity index (χ4n) is 3.72. The van der Waals surface area contributed by atoms with E-state index in [4.69, 9.17) is 5.84 Å². The Morgan fingerprint density at radius 2 is 1.81 bits per heavy atom. The van der Waals surface area contributed by atoms with Crippen LogP contribution in [0.5, 0.6) is 0 Å². The number of nitrogens with two attached hydrogens (primary N) is 1. The molecule has 1 aliphatic carbocycles. The molecule has 7 nitrogen and oxygen atoms in total. The normalized spacial score (nSPS) is 14.9. The van der Waals surface area contributed by atoms with E-state index >= 15 is 0 Å². The van der Waals surface area contributed by atoms with Crippen LogP contribution in [-0.2, 0) is 0 Å². The molecule has 140 valence electrons. The molecule has 27 heavy (non-hydrogen) atoms. The molecule has 0 spiro atoms. The smallest absolute Gasteiger partial charge is 0.150 e. The number of aromatic nitrogens is 3.